The molecule has 0 spiro atoms. The van der Waals surface area contributed by atoms with E-state index < -0.39 is 0 Å². The SMILES string of the molecule is Cc1ccc(C)c(C(=O)CCCC(=O)N(C)C)c1. The highest BCUT2D eigenvalue weighted by atomic mass is 16.2. The van der Waals surface area contributed by atoms with Crippen LogP contribution in [0.15, 0.2) is 18.2 Å². The first-order valence-corrected chi connectivity index (χ1v) is 6.22. The lowest BCUT2D eigenvalue weighted by molar-refractivity contribution is -0.128. The van der Waals surface area contributed by atoms with Gasteiger partial charge in [-0.25, -0.2) is 0 Å². The molecular weight excluding hydrogens is 226 g/mol. The van der Waals surface area contributed by atoms with Crippen molar-refractivity contribution in [2.45, 2.75) is 33.1 Å². The summed E-state index contributed by atoms with van der Waals surface area (Å²) in [5.74, 6) is 0.200. The quantitative estimate of drug-likeness (QED) is 0.750. The van der Waals surface area contributed by atoms with Crippen LogP contribution in [0.1, 0.15) is 40.7 Å². The van der Waals surface area contributed by atoms with Crippen molar-refractivity contribution in [2.24, 2.45) is 0 Å². The highest BCUT2D eigenvalue weighted by Crippen LogP contribution is 2.14. The van der Waals surface area contributed by atoms with Gasteiger partial charge in [-0.05, 0) is 31.9 Å². The lowest BCUT2D eigenvalue weighted by Crippen LogP contribution is -2.21. The Bertz CT molecular complexity index is 450. The Kier molecular flexibility index (Phi) is 5.08. The molecule has 98 valence electrons. The number of carbonyl (C=O) groups is 2. The maximum Gasteiger partial charge on any atom is 0.222 e. The van der Waals surface area contributed by atoms with Gasteiger partial charge in [0.05, 0.1) is 0 Å². The van der Waals surface area contributed by atoms with Crippen LogP contribution < -0.4 is 0 Å². The number of benzene rings is 1. The number of ketones is 1. The zero-order valence-electron chi connectivity index (χ0n) is 11.6. The van der Waals surface area contributed by atoms with Gasteiger partial charge in [0.1, 0.15) is 0 Å². The van der Waals surface area contributed by atoms with E-state index in [9.17, 15) is 9.59 Å². The Hall–Kier alpha value is -1.64. The summed E-state index contributed by atoms with van der Waals surface area (Å²) in [4.78, 5) is 25.0. The van der Waals surface area contributed by atoms with Crippen LogP contribution in [0, 0.1) is 13.8 Å². The molecule has 0 saturated heterocycles. The number of hydrogen-bond donors (Lipinski definition) is 0. The van der Waals surface area contributed by atoms with E-state index in [0.717, 1.165) is 16.7 Å². The van der Waals surface area contributed by atoms with Crippen LogP contribution in [0.3, 0.4) is 0 Å². The van der Waals surface area contributed by atoms with E-state index in [1.54, 1.807) is 19.0 Å². The molecule has 1 aromatic carbocycles. The molecule has 0 atom stereocenters. The van der Waals surface area contributed by atoms with Crippen molar-refractivity contribution >= 4 is 11.7 Å². The Morgan fingerprint density at radius 1 is 1.11 bits per heavy atom. The number of nitrogens with zero attached hydrogens (tertiary/aromatic N) is 1. The van der Waals surface area contributed by atoms with E-state index in [2.05, 4.69) is 0 Å². The monoisotopic (exact) mass is 247 g/mol. The smallest absolute Gasteiger partial charge is 0.222 e. The van der Waals surface area contributed by atoms with E-state index in [1.807, 2.05) is 32.0 Å². The summed E-state index contributed by atoms with van der Waals surface area (Å²) in [6.45, 7) is 3.92. The minimum Gasteiger partial charge on any atom is -0.349 e. The van der Waals surface area contributed by atoms with Gasteiger partial charge in [0, 0.05) is 32.5 Å². The van der Waals surface area contributed by atoms with Gasteiger partial charge in [0.2, 0.25) is 5.91 Å². The summed E-state index contributed by atoms with van der Waals surface area (Å²) in [5.41, 5.74) is 2.88. The molecule has 0 heterocycles. The summed E-state index contributed by atoms with van der Waals surface area (Å²) in [6, 6.07) is 5.89. The van der Waals surface area contributed by atoms with Gasteiger partial charge in [-0.3, -0.25) is 9.59 Å². The topological polar surface area (TPSA) is 37.4 Å². The maximum atomic E-state index is 12.0. The second-order valence-electron chi connectivity index (χ2n) is 4.88. The van der Waals surface area contributed by atoms with Gasteiger partial charge in [-0.1, -0.05) is 17.7 Å². The standard InChI is InChI=1S/C15H21NO2/c1-11-8-9-12(2)13(10-11)14(17)6-5-7-15(18)16(3)4/h8-10H,5-7H2,1-4H3. The van der Waals surface area contributed by atoms with Crippen molar-refractivity contribution in [1.82, 2.24) is 4.90 Å². The molecule has 0 N–H and O–H groups in total. The molecule has 0 aliphatic rings. The number of aryl methyl sites for hydroxylation is 2. The van der Waals surface area contributed by atoms with E-state index in [4.69, 9.17) is 0 Å². The predicted molar refractivity (Wildman–Crippen MR) is 72.8 cm³/mol. The zero-order valence-corrected chi connectivity index (χ0v) is 11.6. The average Bonchev–Trinajstić information content (AvgIpc) is 2.31. The normalized spacial score (nSPS) is 10.2. The molecule has 0 bridgehead atoms. The largest absolute Gasteiger partial charge is 0.349 e. The molecule has 0 fully saturated rings. The molecule has 0 radical (unpaired) electrons. The lowest BCUT2D eigenvalue weighted by Gasteiger charge is -2.10. The fourth-order valence-corrected chi connectivity index (χ4v) is 1.79. The van der Waals surface area contributed by atoms with Crippen LogP contribution in [-0.4, -0.2) is 30.7 Å². The van der Waals surface area contributed by atoms with Crippen LogP contribution in [0.2, 0.25) is 0 Å². The number of rotatable bonds is 5. The third kappa shape index (κ3) is 3.99. The molecule has 0 aromatic heterocycles. The minimum atomic E-state index is 0.0729. The third-order valence-electron chi connectivity index (χ3n) is 2.99. The van der Waals surface area contributed by atoms with Gasteiger partial charge >= 0.3 is 0 Å². The highest BCUT2D eigenvalue weighted by molar-refractivity contribution is 5.97. The Labute approximate surface area is 109 Å². The molecule has 3 heteroatoms. The number of carbonyl (C=O) groups excluding carboxylic acids is 2. The maximum absolute atomic E-state index is 12.0. The second kappa shape index (κ2) is 6.34. The molecule has 1 amide bonds. The molecule has 0 aliphatic heterocycles. The molecule has 1 aromatic rings. The molecule has 0 aliphatic carbocycles. The van der Waals surface area contributed by atoms with Crippen LogP contribution in [0.4, 0.5) is 0 Å². The Balaban J connectivity index is 2.56. The van der Waals surface area contributed by atoms with Crippen molar-refractivity contribution in [1.29, 1.82) is 0 Å². The molecular formula is C15H21NO2. The van der Waals surface area contributed by atoms with Crippen molar-refractivity contribution in [3.63, 3.8) is 0 Å². The summed E-state index contributed by atoms with van der Waals surface area (Å²) < 4.78 is 0. The average molecular weight is 247 g/mol. The van der Waals surface area contributed by atoms with Crippen LogP contribution in [0.25, 0.3) is 0 Å². The van der Waals surface area contributed by atoms with Gasteiger partial charge < -0.3 is 4.90 Å². The van der Waals surface area contributed by atoms with Crippen LogP contribution in [0.5, 0.6) is 0 Å². The number of amides is 1. The summed E-state index contributed by atoms with van der Waals surface area (Å²) >= 11 is 0. The minimum absolute atomic E-state index is 0.0729. The number of hydrogen-bond acceptors (Lipinski definition) is 2. The van der Waals surface area contributed by atoms with Gasteiger partial charge in [-0.2, -0.15) is 0 Å². The third-order valence-corrected chi connectivity index (χ3v) is 2.99. The molecule has 0 unspecified atom stereocenters. The second-order valence-corrected chi connectivity index (χ2v) is 4.88. The van der Waals surface area contributed by atoms with Gasteiger partial charge in [-0.15, -0.1) is 0 Å². The molecule has 1 rings (SSSR count). The van der Waals surface area contributed by atoms with E-state index in [0.29, 0.717) is 19.3 Å². The van der Waals surface area contributed by atoms with E-state index >= 15 is 0 Å². The van der Waals surface area contributed by atoms with Gasteiger partial charge in [0.15, 0.2) is 5.78 Å². The fraction of sp³-hybridized carbons (Fsp3) is 0.467. The summed E-state index contributed by atoms with van der Waals surface area (Å²) in [7, 11) is 3.46. The predicted octanol–water partition coefficient (Wildman–Crippen LogP) is 2.74. The van der Waals surface area contributed by atoms with E-state index in [-0.39, 0.29) is 11.7 Å². The summed E-state index contributed by atoms with van der Waals surface area (Å²) in [5, 5.41) is 0. The number of Topliss-reactive ketones (excluding diaryl/α,β-unsaturated/α-hetero) is 1. The molecule has 0 saturated carbocycles. The molecule has 18 heavy (non-hydrogen) atoms. The van der Waals surface area contributed by atoms with Crippen molar-refractivity contribution < 1.29 is 9.59 Å². The van der Waals surface area contributed by atoms with Crippen LogP contribution in [-0.2, 0) is 4.79 Å². The Morgan fingerprint density at radius 2 is 1.78 bits per heavy atom. The fourth-order valence-electron chi connectivity index (χ4n) is 1.79. The van der Waals surface area contributed by atoms with E-state index in [1.165, 1.54) is 0 Å². The first-order chi connectivity index (χ1) is 8.41. The van der Waals surface area contributed by atoms with Crippen molar-refractivity contribution in [3.8, 4) is 0 Å². The summed E-state index contributed by atoms with van der Waals surface area (Å²) in [6.07, 6.45) is 1.48. The zero-order chi connectivity index (χ0) is 13.7. The van der Waals surface area contributed by atoms with Crippen LogP contribution >= 0.6 is 0 Å². The Morgan fingerprint density at radius 3 is 2.39 bits per heavy atom. The van der Waals surface area contributed by atoms with Crippen molar-refractivity contribution in [2.75, 3.05) is 14.1 Å². The van der Waals surface area contributed by atoms with Crippen molar-refractivity contribution in [3.05, 3.63) is 34.9 Å². The lowest BCUT2D eigenvalue weighted by atomic mass is 9.99. The highest BCUT2D eigenvalue weighted by Gasteiger charge is 2.11. The molecule has 3 nitrogen and oxygen atoms in total. The first kappa shape index (κ1) is 14.4. The van der Waals surface area contributed by atoms with Gasteiger partial charge in [0.25, 0.3) is 0 Å². The first-order valence-electron chi connectivity index (χ1n) is 6.22.